The zero-order valence-corrected chi connectivity index (χ0v) is 10.7. The summed E-state index contributed by atoms with van der Waals surface area (Å²) >= 11 is 0. The van der Waals surface area contributed by atoms with Crippen LogP contribution in [0.25, 0.3) is 0 Å². The second-order valence-electron chi connectivity index (χ2n) is 4.11. The summed E-state index contributed by atoms with van der Waals surface area (Å²) in [6.07, 6.45) is 1.90. The van der Waals surface area contributed by atoms with Crippen molar-refractivity contribution in [2.45, 2.75) is 40.5 Å². The van der Waals surface area contributed by atoms with Gasteiger partial charge in [-0.25, -0.2) is 0 Å². The Kier molecular flexibility index (Phi) is 6.77. The van der Waals surface area contributed by atoms with Crippen molar-refractivity contribution in [1.82, 2.24) is 4.90 Å². The van der Waals surface area contributed by atoms with E-state index < -0.39 is 5.97 Å². The van der Waals surface area contributed by atoms with Crippen LogP contribution in [0.15, 0.2) is 0 Å². The van der Waals surface area contributed by atoms with Crippen molar-refractivity contribution in [3.63, 3.8) is 0 Å². The van der Waals surface area contributed by atoms with Gasteiger partial charge in [-0.3, -0.25) is 9.59 Å². The Labute approximate surface area is 97.6 Å². The molecule has 0 heterocycles. The third kappa shape index (κ3) is 4.21. The first kappa shape index (κ1) is 14.9. The van der Waals surface area contributed by atoms with E-state index in [1.807, 2.05) is 6.92 Å². The summed E-state index contributed by atoms with van der Waals surface area (Å²) in [4.78, 5) is 24.1. The molecular formula is C12H23NO3. The van der Waals surface area contributed by atoms with Gasteiger partial charge < -0.3 is 10.0 Å². The molecule has 0 aromatic carbocycles. The van der Waals surface area contributed by atoms with Gasteiger partial charge in [-0.1, -0.05) is 33.6 Å². The van der Waals surface area contributed by atoms with E-state index in [0.717, 1.165) is 12.8 Å². The lowest BCUT2D eigenvalue weighted by Gasteiger charge is -2.27. The third-order valence-corrected chi connectivity index (χ3v) is 3.16. The maximum absolute atomic E-state index is 12.0. The molecule has 1 N–H and O–H groups in total. The number of rotatable bonds is 7. The van der Waals surface area contributed by atoms with Crippen molar-refractivity contribution in [3.8, 4) is 0 Å². The van der Waals surface area contributed by atoms with Gasteiger partial charge in [-0.2, -0.15) is 0 Å². The summed E-state index contributed by atoms with van der Waals surface area (Å²) in [6, 6.07) is 0. The molecule has 1 atom stereocenters. The van der Waals surface area contributed by atoms with Crippen LogP contribution in [0.3, 0.4) is 0 Å². The number of hydrogen-bond donors (Lipinski definition) is 1. The van der Waals surface area contributed by atoms with Crippen LogP contribution in [0.2, 0.25) is 0 Å². The third-order valence-electron chi connectivity index (χ3n) is 3.16. The van der Waals surface area contributed by atoms with Crippen LogP contribution < -0.4 is 0 Å². The van der Waals surface area contributed by atoms with E-state index in [2.05, 4.69) is 13.8 Å². The zero-order chi connectivity index (χ0) is 12.7. The highest BCUT2D eigenvalue weighted by molar-refractivity contribution is 5.83. The molecule has 4 heteroatoms. The molecule has 1 amide bonds. The summed E-state index contributed by atoms with van der Waals surface area (Å²) in [6.45, 7) is 8.08. The number of aliphatic carboxylic acids is 1. The normalized spacial score (nSPS) is 12.6. The van der Waals surface area contributed by atoms with Gasteiger partial charge >= 0.3 is 5.97 Å². The van der Waals surface area contributed by atoms with Crippen LogP contribution in [-0.4, -0.2) is 35.0 Å². The molecule has 0 rings (SSSR count). The predicted octanol–water partition coefficient (Wildman–Crippen LogP) is 1.99. The van der Waals surface area contributed by atoms with Crippen LogP contribution in [0.5, 0.6) is 0 Å². The van der Waals surface area contributed by atoms with Gasteiger partial charge in [-0.05, 0) is 12.8 Å². The average Bonchev–Trinajstić information content (AvgIpc) is 2.26. The van der Waals surface area contributed by atoms with Crippen molar-refractivity contribution < 1.29 is 14.7 Å². The summed E-state index contributed by atoms with van der Waals surface area (Å²) in [5.41, 5.74) is 0. The molecule has 0 radical (unpaired) electrons. The largest absolute Gasteiger partial charge is 0.480 e. The molecule has 0 bridgehead atoms. The molecule has 0 aromatic heterocycles. The second kappa shape index (κ2) is 7.25. The minimum Gasteiger partial charge on any atom is -0.480 e. The van der Waals surface area contributed by atoms with Crippen molar-refractivity contribution in [1.29, 1.82) is 0 Å². The Bertz CT molecular complexity index is 236. The van der Waals surface area contributed by atoms with E-state index >= 15 is 0 Å². The fourth-order valence-corrected chi connectivity index (χ4v) is 1.99. The first-order valence-corrected chi connectivity index (χ1v) is 5.98. The predicted molar refractivity (Wildman–Crippen MR) is 63.1 cm³/mol. The highest BCUT2D eigenvalue weighted by atomic mass is 16.4. The van der Waals surface area contributed by atoms with Gasteiger partial charge in [0.05, 0.1) is 0 Å². The number of hydrogen-bond acceptors (Lipinski definition) is 2. The highest BCUT2D eigenvalue weighted by Crippen LogP contribution is 2.21. The van der Waals surface area contributed by atoms with Gasteiger partial charge in [0.2, 0.25) is 5.91 Å². The van der Waals surface area contributed by atoms with E-state index in [9.17, 15) is 9.59 Å². The topological polar surface area (TPSA) is 57.6 Å². The fraction of sp³-hybridized carbons (Fsp3) is 0.833. The number of carbonyl (C=O) groups excluding carboxylic acids is 1. The number of carboxylic acids is 1. The van der Waals surface area contributed by atoms with Gasteiger partial charge in [0.1, 0.15) is 6.54 Å². The van der Waals surface area contributed by atoms with Gasteiger partial charge in [-0.15, -0.1) is 0 Å². The lowest BCUT2D eigenvalue weighted by atomic mass is 9.88. The first-order valence-electron chi connectivity index (χ1n) is 5.98. The standard InChI is InChI=1S/C12H23NO3/c1-5-10(6-2)9(4)12(16)13(7-3)8-11(14)15/h9-10H,5-8H2,1-4H3,(H,14,15). The van der Waals surface area contributed by atoms with Crippen LogP contribution in [0.1, 0.15) is 40.5 Å². The van der Waals surface area contributed by atoms with Crippen LogP contribution in [0.4, 0.5) is 0 Å². The Hall–Kier alpha value is -1.06. The number of carbonyl (C=O) groups is 2. The number of carboxylic acid groups (broad SMARTS) is 1. The minimum absolute atomic E-state index is 0.0430. The molecule has 0 fully saturated rings. The molecule has 16 heavy (non-hydrogen) atoms. The molecule has 4 nitrogen and oxygen atoms in total. The van der Waals surface area contributed by atoms with Crippen molar-refractivity contribution in [3.05, 3.63) is 0 Å². The molecule has 0 aliphatic carbocycles. The van der Waals surface area contributed by atoms with E-state index in [1.165, 1.54) is 4.90 Å². The molecule has 94 valence electrons. The first-order chi connectivity index (χ1) is 7.47. The SMILES string of the molecule is CCC(CC)C(C)C(=O)N(CC)CC(=O)O. The summed E-state index contributed by atoms with van der Waals surface area (Å²) in [5, 5.41) is 8.70. The molecule has 0 aliphatic rings. The smallest absolute Gasteiger partial charge is 0.323 e. The molecule has 0 aliphatic heterocycles. The Morgan fingerprint density at radius 2 is 1.69 bits per heavy atom. The highest BCUT2D eigenvalue weighted by Gasteiger charge is 2.26. The summed E-state index contributed by atoms with van der Waals surface area (Å²) in [7, 11) is 0. The maximum atomic E-state index is 12.0. The molecule has 0 aromatic rings. The van der Waals surface area contributed by atoms with Crippen LogP contribution in [0, 0.1) is 11.8 Å². The fourth-order valence-electron chi connectivity index (χ4n) is 1.99. The monoisotopic (exact) mass is 229 g/mol. The van der Waals surface area contributed by atoms with E-state index in [1.54, 1.807) is 6.92 Å². The molecule has 0 spiro atoms. The summed E-state index contributed by atoms with van der Waals surface area (Å²) < 4.78 is 0. The Balaban J connectivity index is 4.54. The lowest BCUT2D eigenvalue weighted by Crippen LogP contribution is -2.40. The van der Waals surface area contributed by atoms with Gasteiger partial charge in [0.15, 0.2) is 0 Å². The van der Waals surface area contributed by atoms with E-state index in [4.69, 9.17) is 5.11 Å². The summed E-state index contributed by atoms with van der Waals surface area (Å²) in [5.74, 6) is -0.741. The average molecular weight is 229 g/mol. The minimum atomic E-state index is -0.952. The lowest BCUT2D eigenvalue weighted by molar-refractivity contribution is -0.146. The van der Waals surface area contributed by atoms with Crippen molar-refractivity contribution in [2.75, 3.05) is 13.1 Å². The van der Waals surface area contributed by atoms with Gasteiger partial charge in [0, 0.05) is 12.5 Å². The van der Waals surface area contributed by atoms with Gasteiger partial charge in [0.25, 0.3) is 0 Å². The molecular weight excluding hydrogens is 206 g/mol. The number of amides is 1. The van der Waals surface area contributed by atoms with E-state index in [-0.39, 0.29) is 18.4 Å². The number of likely N-dealkylation sites (N-methyl/N-ethyl adjacent to an activating group) is 1. The molecule has 0 saturated heterocycles. The van der Waals surface area contributed by atoms with Crippen molar-refractivity contribution >= 4 is 11.9 Å². The zero-order valence-electron chi connectivity index (χ0n) is 10.7. The quantitative estimate of drug-likeness (QED) is 0.726. The number of nitrogens with zero attached hydrogens (tertiary/aromatic N) is 1. The second-order valence-corrected chi connectivity index (χ2v) is 4.11. The van der Waals surface area contributed by atoms with E-state index in [0.29, 0.717) is 12.5 Å². The van der Waals surface area contributed by atoms with Crippen LogP contribution >= 0.6 is 0 Å². The maximum Gasteiger partial charge on any atom is 0.323 e. The van der Waals surface area contributed by atoms with Crippen LogP contribution in [-0.2, 0) is 9.59 Å². The Morgan fingerprint density at radius 3 is 2.00 bits per heavy atom. The Morgan fingerprint density at radius 1 is 1.19 bits per heavy atom. The molecule has 0 saturated carbocycles. The van der Waals surface area contributed by atoms with Crippen molar-refractivity contribution in [2.24, 2.45) is 11.8 Å². The molecule has 1 unspecified atom stereocenters.